The molecule has 1 amide bonds. The summed E-state index contributed by atoms with van der Waals surface area (Å²) >= 11 is 1.48. The lowest BCUT2D eigenvalue weighted by atomic mass is 9.94. The highest BCUT2D eigenvalue weighted by Crippen LogP contribution is 2.21. The van der Waals surface area contributed by atoms with E-state index in [-0.39, 0.29) is 17.0 Å². The largest absolute Gasteiger partial charge is 0.351 e. The maximum absolute atomic E-state index is 12.8. The van der Waals surface area contributed by atoms with Gasteiger partial charge in [-0.3, -0.25) is 14.0 Å². The molecular formula is C23H28N4O2S. The number of carbonyl (C=O) groups excluding carboxylic acids is 1. The highest BCUT2D eigenvalue weighted by molar-refractivity contribution is 7.17. The van der Waals surface area contributed by atoms with Crippen LogP contribution in [-0.2, 0) is 6.42 Å². The second kappa shape index (κ2) is 9.53. The Morgan fingerprint density at radius 2 is 2.00 bits per heavy atom. The first kappa shape index (κ1) is 20.8. The molecule has 0 spiro atoms. The first-order valence-corrected chi connectivity index (χ1v) is 11.5. The Kier molecular flexibility index (Phi) is 6.59. The topological polar surface area (TPSA) is 66.7 Å². The van der Waals surface area contributed by atoms with E-state index < -0.39 is 0 Å². The first-order chi connectivity index (χ1) is 14.6. The maximum Gasteiger partial charge on any atom is 0.271 e. The highest BCUT2D eigenvalue weighted by atomic mass is 32.1. The molecule has 1 aromatic carbocycles. The lowest BCUT2D eigenvalue weighted by Crippen LogP contribution is -2.40. The number of likely N-dealkylation sites (N-methyl/N-ethyl adjacent to an activating group) is 1. The minimum Gasteiger partial charge on any atom is -0.351 e. The van der Waals surface area contributed by atoms with Crippen LogP contribution in [-0.4, -0.2) is 46.4 Å². The van der Waals surface area contributed by atoms with Gasteiger partial charge in [-0.05, 0) is 25.5 Å². The van der Waals surface area contributed by atoms with Crippen molar-refractivity contribution >= 4 is 22.2 Å². The summed E-state index contributed by atoms with van der Waals surface area (Å²) in [5.74, 6) is -0.352. The average Bonchev–Trinajstić information content (AvgIpc) is 3.18. The predicted molar refractivity (Wildman–Crippen MR) is 120 cm³/mol. The van der Waals surface area contributed by atoms with Crippen molar-refractivity contribution in [2.75, 3.05) is 20.1 Å². The van der Waals surface area contributed by atoms with Crippen LogP contribution < -0.4 is 10.9 Å². The smallest absolute Gasteiger partial charge is 0.271 e. The molecule has 0 atom stereocenters. The van der Waals surface area contributed by atoms with Crippen molar-refractivity contribution < 1.29 is 4.79 Å². The van der Waals surface area contributed by atoms with Crippen LogP contribution in [0.3, 0.4) is 0 Å². The number of nitrogens with zero attached hydrogens (tertiary/aromatic N) is 3. The van der Waals surface area contributed by atoms with Gasteiger partial charge in [-0.15, -0.1) is 11.3 Å². The summed E-state index contributed by atoms with van der Waals surface area (Å²) in [5.41, 5.74) is 0.961. The Labute approximate surface area is 180 Å². The van der Waals surface area contributed by atoms with E-state index in [9.17, 15) is 9.59 Å². The van der Waals surface area contributed by atoms with Crippen molar-refractivity contribution in [1.82, 2.24) is 19.6 Å². The molecule has 1 aliphatic rings. The van der Waals surface area contributed by atoms with E-state index in [1.807, 2.05) is 18.2 Å². The molecule has 0 radical (unpaired) electrons. The number of fused-ring (bicyclic) bond motifs is 1. The summed E-state index contributed by atoms with van der Waals surface area (Å²) in [6.45, 7) is 1.31. The SMILES string of the molecule is CN(CCNC(=O)c1cnc2sc(Cc3ccccc3)cn2c1=O)C1CCCCC1. The van der Waals surface area contributed by atoms with Crippen molar-refractivity contribution in [3.63, 3.8) is 0 Å². The van der Waals surface area contributed by atoms with Crippen LogP contribution in [0.1, 0.15) is 52.9 Å². The van der Waals surface area contributed by atoms with Crippen LogP contribution >= 0.6 is 11.3 Å². The number of carbonyl (C=O) groups is 1. The normalized spacial score (nSPS) is 15.0. The average molecular weight is 425 g/mol. The lowest BCUT2D eigenvalue weighted by Gasteiger charge is -2.31. The molecule has 3 aromatic rings. The van der Waals surface area contributed by atoms with Gasteiger partial charge in [-0.1, -0.05) is 49.6 Å². The zero-order valence-corrected chi connectivity index (χ0v) is 18.2. The molecule has 1 N–H and O–H groups in total. The molecule has 0 unspecified atom stereocenters. The molecule has 4 rings (SSSR count). The van der Waals surface area contributed by atoms with Gasteiger partial charge < -0.3 is 10.2 Å². The molecule has 1 aliphatic carbocycles. The number of nitrogens with one attached hydrogen (secondary N) is 1. The Morgan fingerprint density at radius 1 is 1.23 bits per heavy atom. The van der Waals surface area contributed by atoms with E-state index >= 15 is 0 Å². The minimum atomic E-state index is -0.352. The number of hydrogen-bond acceptors (Lipinski definition) is 5. The van der Waals surface area contributed by atoms with E-state index in [2.05, 4.69) is 34.4 Å². The number of aromatic nitrogens is 2. The number of benzene rings is 1. The zero-order chi connectivity index (χ0) is 20.9. The standard InChI is InChI=1S/C23H28N4O2S/c1-26(18-10-6-3-7-11-18)13-12-24-21(28)20-15-25-23-27(22(20)29)16-19(30-23)14-17-8-4-2-5-9-17/h2,4-5,8-9,15-16,18H,3,6-7,10-14H2,1H3,(H,24,28). The number of thiazole rings is 1. The van der Waals surface area contributed by atoms with Crippen LogP contribution in [0.15, 0.2) is 47.5 Å². The van der Waals surface area contributed by atoms with Gasteiger partial charge >= 0.3 is 0 Å². The molecule has 1 saturated carbocycles. The van der Waals surface area contributed by atoms with E-state index in [0.717, 1.165) is 17.8 Å². The van der Waals surface area contributed by atoms with Gasteiger partial charge in [-0.2, -0.15) is 0 Å². The molecule has 158 valence electrons. The van der Waals surface area contributed by atoms with E-state index in [1.165, 1.54) is 59.6 Å². The molecule has 2 heterocycles. The summed E-state index contributed by atoms with van der Waals surface area (Å²) in [6.07, 6.45) is 10.3. The third-order valence-corrected chi connectivity index (χ3v) is 6.87. The molecule has 1 fully saturated rings. The van der Waals surface area contributed by atoms with Crippen molar-refractivity contribution in [3.05, 3.63) is 69.1 Å². The Hall–Kier alpha value is -2.51. The third-order valence-electron chi connectivity index (χ3n) is 5.87. The molecule has 30 heavy (non-hydrogen) atoms. The summed E-state index contributed by atoms with van der Waals surface area (Å²) in [4.78, 5) is 33.7. The molecule has 6 nitrogen and oxygen atoms in total. The Balaban J connectivity index is 1.40. The molecule has 7 heteroatoms. The van der Waals surface area contributed by atoms with Gasteiger partial charge in [0.25, 0.3) is 11.5 Å². The fraction of sp³-hybridized carbons (Fsp3) is 0.435. The molecule has 0 bridgehead atoms. The first-order valence-electron chi connectivity index (χ1n) is 10.6. The fourth-order valence-electron chi connectivity index (χ4n) is 4.11. The van der Waals surface area contributed by atoms with Crippen molar-refractivity contribution in [2.45, 2.75) is 44.6 Å². The zero-order valence-electron chi connectivity index (χ0n) is 17.3. The molecule has 0 aliphatic heterocycles. The summed E-state index contributed by atoms with van der Waals surface area (Å²) in [7, 11) is 2.12. The predicted octanol–water partition coefficient (Wildman–Crippen LogP) is 3.34. The van der Waals surface area contributed by atoms with Gasteiger partial charge in [-0.25, -0.2) is 4.98 Å². The molecular weight excluding hydrogens is 396 g/mol. The summed E-state index contributed by atoms with van der Waals surface area (Å²) in [6, 6.07) is 10.7. The lowest BCUT2D eigenvalue weighted by molar-refractivity contribution is 0.0942. The second-order valence-electron chi connectivity index (χ2n) is 8.02. The van der Waals surface area contributed by atoms with Crippen LogP contribution in [0, 0.1) is 0 Å². The quantitative estimate of drug-likeness (QED) is 0.632. The van der Waals surface area contributed by atoms with Gasteiger partial charge in [0.1, 0.15) is 5.56 Å². The number of rotatable bonds is 7. The van der Waals surface area contributed by atoms with E-state index in [1.54, 1.807) is 6.20 Å². The van der Waals surface area contributed by atoms with Crippen LogP contribution in [0.5, 0.6) is 0 Å². The highest BCUT2D eigenvalue weighted by Gasteiger charge is 2.19. The van der Waals surface area contributed by atoms with E-state index in [0.29, 0.717) is 17.5 Å². The summed E-state index contributed by atoms with van der Waals surface area (Å²) < 4.78 is 1.49. The molecule has 2 aromatic heterocycles. The van der Waals surface area contributed by atoms with Gasteiger partial charge in [0.2, 0.25) is 0 Å². The van der Waals surface area contributed by atoms with Crippen LogP contribution in [0.25, 0.3) is 4.96 Å². The second-order valence-corrected chi connectivity index (χ2v) is 9.11. The molecule has 0 saturated heterocycles. The third kappa shape index (κ3) is 4.79. The monoisotopic (exact) mass is 424 g/mol. The van der Waals surface area contributed by atoms with Crippen molar-refractivity contribution in [3.8, 4) is 0 Å². The summed E-state index contributed by atoms with van der Waals surface area (Å²) in [5, 5.41) is 2.89. The number of hydrogen-bond donors (Lipinski definition) is 1. The van der Waals surface area contributed by atoms with Crippen molar-refractivity contribution in [2.24, 2.45) is 0 Å². The van der Waals surface area contributed by atoms with E-state index in [4.69, 9.17) is 0 Å². The fourth-order valence-corrected chi connectivity index (χ4v) is 5.08. The van der Waals surface area contributed by atoms with Crippen LogP contribution in [0.2, 0.25) is 0 Å². The minimum absolute atomic E-state index is 0.0943. The number of amides is 1. The van der Waals surface area contributed by atoms with Gasteiger partial charge in [0.15, 0.2) is 4.96 Å². The van der Waals surface area contributed by atoms with Crippen LogP contribution in [0.4, 0.5) is 0 Å². The maximum atomic E-state index is 12.8. The Morgan fingerprint density at radius 3 is 2.77 bits per heavy atom. The Bertz CT molecular complexity index is 1050. The van der Waals surface area contributed by atoms with Crippen molar-refractivity contribution in [1.29, 1.82) is 0 Å². The van der Waals surface area contributed by atoms with Gasteiger partial charge in [0.05, 0.1) is 0 Å². The van der Waals surface area contributed by atoms with Gasteiger partial charge in [0, 0.05) is 42.8 Å².